The van der Waals surface area contributed by atoms with Gasteiger partial charge in [-0.25, -0.2) is 23.1 Å². The van der Waals surface area contributed by atoms with Gasteiger partial charge >= 0.3 is 0 Å². The molecule has 1 unspecified atom stereocenters. The van der Waals surface area contributed by atoms with Gasteiger partial charge in [0, 0.05) is 43.4 Å². The van der Waals surface area contributed by atoms with Crippen LogP contribution in [0.4, 0.5) is 5.95 Å². The first-order chi connectivity index (χ1) is 18.0. The second kappa shape index (κ2) is 11.0. The highest BCUT2D eigenvalue weighted by Gasteiger charge is 2.21. The topological polar surface area (TPSA) is 126 Å². The number of hydrogen-bond donors (Lipinski definition) is 3. The van der Waals surface area contributed by atoms with Gasteiger partial charge in [-0.1, -0.05) is 24.3 Å². The molecular weight excluding hydrogens is 490 g/mol. The van der Waals surface area contributed by atoms with Crippen molar-refractivity contribution in [3.63, 3.8) is 0 Å². The van der Waals surface area contributed by atoms with E-state index < -0.39 is 16.1 Å². The number of sulfonamides is 1. The third kappa shape index (κ3) is 6.11. The quantitative estimate of drug-likeness (QED) is 0.309. The zero-order valence-corrected chi connectivity index (χ0v) is 20.8. The summed E-state index contributed by atoms with van der Waals surface area (Å²) in [5, 5.41) is 13.6. The van der Waals surface area contributed by atoms with Crippen molar-refractivity contribution < 1.29 is 18.3 Å². The molecule has 1 aliphatic heterocycles. The summed E-state index contributed by atoms with van der Waals surface area (Å²) < 4.78 is 33.8. The number of aliphatic hydroxyl groups excluding tert-OH is 1. The molecule has 2 aromatic carbocycles. The maximum atomic E-state index is 12.6. The molecule has 0 spiro atoms. The van der Waals surface area contributed by atoms with E-state index in [1.165, 1.54) is 12.4 Å². The molecule has 0 aliphatic carbocycles. The highest BCUT2D eigenvalue weighted by molar-refractivity contribution is 7.92. The van der Waals surface area contributed by atoms with Crippen LogP contribution in [0.2, 0.25) is 0 Å². The Labute approximate surface area is 215 Å². The van der Waals surface area contributed by atoms with E-state index in [0.717, 1.165) is 40.8 Å². The molecule has 4 aromatic rings. The number of aliphatic hydroxyl groups is 1. The first-order valence-electron chi connectivity index (χ1n) is 12.0. The monoisotopic (exact) mass is 517 g/mol. The van der Waals surface area contributed by atoms with Crippen LogP contribution in [0.25, 0.3) is 11.1 Å². The molecule has 37 heavy (non-hydrogen) atoms. The number of ether oxygens (including phenoxy) is 1. The summed E-state index contributed by atoms with van der Waals surface area (Å²) in [6.07, 6.45) is 7.43. The maximum Gasteiger partial charge on any atom is 0.264 e. The Morgan fingerprint density at radius 3 is 2.54 bits per heavy atom. The fraction of sp³-hybridized carbons (Fsp3) is 0.222. The van der Waals surface area contributed by atoms with Crippen LogP contribution in [0.15, 0.2) is 90.3 Å². The first-order valence-corrected chi connectivity index (χ1v) is 13.4. The Kier molecular flexibility index (Phi) is 7.40. The lowest BCUT2D eigenvalue weighted by atomic mass is 9.97. The van der Waals surface area contributed by atoms with Crippen molar-refractivity contribution in [3.8, 4) is 16.9 Å². The molecule has 0 saturated carbocycles. The van der Waals surface area contributed by atoms with E-state index in [1.807, 2.05) is 24.3 Å². The molecule has 3 N–H and O–H groups in total. The number of hydrogen-bond acceptors (Lipinski definition) is 8. The molecule has 1 aliphatic rings. The molecule has 0 radical (unpaired) electrons. The van der Waals surface area contributed by atoms with Gasteiger partial charge in [0.2, 0.25) is 5.95 Å². The maximum absolute atomic E-state index is 12.6. The molecule has 2 atom stereocenters. The fourth-order valence-corrected chi connectivity index (χ4v) is 5.16. The minimum absolute atomic E-state index is 0.0185. The average molecular weight is 518 g/mol. The molecule has 0 amide bonds. The van der Waals surface area contributed by atoms with Gasteiger partial charge < -0.3 is 15.2 Å². The Hall–Kier alpha value is -3.86. The summed E-state index contributed by atoms with van der Waals surface area (Å²) in [5.41, 5.74) is 3.79. The number of aryl methyl sites for hydroxylation is 1. The number of rotatable bonds is 9. The van der Waals surface area contributed by atoms with Crippen molar-refractivity contribution in [3.05, 3.63) is 96.6 Å². The number of nitrogens with zero attached hydrogens (tertiary/aromatic N) is 3. The van der Waals surface area contributed by atoms with Crippen LogP contribution in [0.3, 0.4) is 0 Å². The standard InChI is InChI=1S/C27H27N5O4S/c33-25(22-3-1-12-28-16-22)18-29-17-23-8-4-21-15-20(7-11-26(21)36-23)19-5-9-24(10-6-19)37(34,35)32-27-30-13-2-14-31-27/h1-3,5-7,9-16,23,25,29,33H,4,8,17-18H2,(H,30,31,32)/t23-,25?/m1/s1. The van der Waals surface area contributed by atoms with Gasteiger partial charge in [-0.05, 0) is 65.9 Å². The zero-order valence-electron chi connectivity index (χ0n) is 20.0. The van der Waals surface area contributed by atoms with Crippen molar-refractivity contribution in [1.29, 1.82) is 0 Å². The summed E-state index contributed by atoms with van der Waals surface area (Å²) in [7, 11) is -3.78. The highest BCUT2D eigenvalue weighted by Crippen LogP contribution is 2.32. The minimum atomic E-state index is -3.78. The van der Waals surface area contributed by atoms with E-state index in [1.54, 1.807) is 42.7 Å². The van der Waals surface area contributed by atoms with Crippen molar-refractivity contribution in [2.45, 2.75) is 29.9 Å². The lowest BCUT2D eigenvalue weighted by molar-refractivity contribution is 0.146. The first kappa shape index (κ1) is 24.8. The Balaban J connectivity index is 1.19. The molecule has 2 aromatic heterocycles. The van der Waals surface area contributed by atoms with Crippen LogP contribution in [0.5, 0.6) is 5.75 Å². The summed E-state index contributed by atoms with van der Waals surface area (Å²) in [6.45, 7) is 1.06. The van der Waals surface area contributed by atoms with Gasteiger partial charge in [0.25, 0.3) is 10.0 Å². The van der Waals surface area contributed by atoms with Crippen molar-refractivity contribution in [2.75, 3.05) is 17.8 Å². The third-order valence-electron chi connectivity index (χ3n) is 6.16. The van der Waals surface area contributed by atoms with E-state index in [2.05, 4.69) is 31.1 Å². The van der Waals surface area contributed by atoms with Crippen molar-refractivity contribution >= 4 is 16.0 Å². The molecule has 3 heterocycles. The van der Waals surface area contributed by atoms with E-state index in [-0.39, 0.29) is 16.9 Å². The van der Waals surface area contributed by atoms with Crippen molar-refractivity contribution in [2.24, 2.45) is 0 Å². The van der Waals surface area contributed by atoms with E-state index in [0.29, 0.717) is 13.1 Å². The van der Waals surface area contributed by atoms with Gasteiger partial charge in [0.15, 0.2) is 0 Å². The Morgan fingerprint density at radius 1 is 1.00 bits per heavy atom. The Bertz CT molecular complexity index is 1440. The predicted molar refractivity (Wildman–Crippen MR) is 140 cm³/mol. The van der Waals surface area contributed by atoms with Crippen LogP contribution in [0, 0.1) is 0 Å². The second-order valence-corrected chi connectivity index (χ2v) is 10.4. The molecule has 0 bridgehead atoms. The highest BCUT2D eigenvalue weighted by atomic mass is 32.2. The van der Waals surface area contributed by atoms with Gasteiger partial charge in [-0.3, -0.25) is 4.98 Å². The Morgan fingerprint density at radius 2 is 1.78 bits per heavy atom. The van der Waals surface area contributed by atoms with Crippen LogP contribution in [-0.4, -0.2) is 47.7 Å². The number of anilines is 1. The van der Waals surface area contributed by atoms with E-state index in [9.17, 15) is 13.5 Å². The number of fused-ring (bicyclic) bond motifs is 1. The summed E-state index contributed by atoms with van der Waals surface area (Å²) in [6, 6.07) is 18.0. The number of nitrogens with one attached hydrogen (secondary N) is 2. The lowest BCUT2D eigenvalue weighted by Gasteiger charge is -2.27. The van der Waals surface area contributed by atoms with Crippen LogP contribution < -0.4 is 14.8 Å². The smallest absolute Gasteiger partial charge is 0.264 e. The van der Waals surface area contributed by atoms with Crippen molar-refractivity contribution in [1.82, 2.24) is 20.3 Å². The summed E-state index contributed by atoms with van der Waals surface area (Å²) in [4.78, 5) is 12.0. The number of aromatic nitrogens is 3. The lowest BCUT2D eigenvalue weighted by Crippen LogP contribution is -2.36. The normalized spacial score (nSPS) is 15.9. The SMILES string of the molecule is O=S(=O)(Nc1ncccn1)c1ccc(-c2ccc3c(c2)CC[C@H](CNCC(O)c2cccnc2)O3)cc1. The van der Waals surface area contributed by atoms with Gasteiger partial charge in [0.05, 0.1) is 11.0 Å². The molecule has 5 rings (SSSR count). The van der Waals surface area contributed by atoms with E-state index >= 15 is 0 Å². The van der Waals surface area contributed by atoms with Crippen LogP contribution >= 0.6 is 0 Å². The largest absolute Gasteiger partial charge is 0.489 e. The molecule has 9 nitrogen and oxygen atoms in total. The van der Waals surface area contributed by atoms with Gasteiger partial charge in [0.1, 0.15) is 11.9 Å². The predicted octanol–water partition coefficient (Wildman–Crippen LogP) is 3.36. The molecule has 10 heteroatoms. The number of benzene rings is 2. The molecule has 0 saturated heterocycles. The molecule has 190 valence electrons. The van der Waals surface area contributed by atoms with Gasteiger partial charge in [-0.15, -0.1) is 0 Å². The third-order valence-corrected chi connectivity index (χ3v) is 7.50. The summed E-state index contributed by atoms with van der Waals surface area (Å²) in [5.74, 6) is 0.875. The minimum Gasteiger partial charge on any atom is -0.489 e. The average Bonchev–Trinajstić information content (AvgIpc) is 2.93. The molecule has 0 fully saturated rings. The summed E-state index contributed by atoms with van der Waals surface area (Å²) >= 11 is 0. The van der Waals surface area contributed by atoms with E-state index in [4.69, 9.17) is 4.74 Å². The fourth-order valence-electron chi connectivity index (χ4n) is 4.20. The van der Waals surface area contributed by atoms with Gasteiger partial charge in [-0.2, -0.15) is 0 Å². The molecular formula is C27H27N5O4S. The van der Waals surface area contributed by atoms with Crippen LogP contribution in [0.1, 0.15) is 23.7 Å². The zero-order chi connectivity index (χ0) is 25.7. The number of pyridine rings is 1. The van der Waals surface area contributed by atoms with Crippen LogP contribution in [-0.2, 0) is 16.4 Å². The second-order valence-electron chi connectivity index (χ2n) is 8.76.